The lowest BCUT2D eigenvalue weighted by molar-refractivity contribution is -0.122. The molecule has 2 unspecified atom stereocenters. The van der Waals surface area contributed by atoms with Gasteiger partial charge >= 0.3 is 0 Å². The SMILES string of the molecule is Cc1nc(C2CC(NC(=O)CC(C)C)CN2C(=O)c2cnccn2)n[nH]1. The van der Waals surface area contributed by atoms with Gasteiger partial charge in [0.05, 0.1) is 12.2 Å². The lowest BCUT2D eigenvalue weighted by Crippen LogP contribution is -2.39. The smallest absolute Gasteiger partial charge is 0.274 e. The first kappa shape index (κ1) is 18.0. The van der Waals surface area contributed by atoms with Crippen molar-refractivity contribution < 1.29 is 9.59 Å². The largest absolute Gasteiger partial charge is 0.351 e. The van der Waals surface area contributed by atoms with Crippen LogP contribution in [0.2, 0.25) is 0 Å². The zero-order valence-corrected chi connectivity index (χ0v) is 15.1. The standard InChI is InChI=1S/C17H23N7O2/c1-10(2)6-15(25)21-12-7-14(16-20-11(3)22-23-16)24(9-12)17(26)13-8-18-4-5-19-13/h4-5,8,10,12,14H,6-7,9H2,1-3H3,(H,21,25)(H,20,22,23). The summed E-state index contributed by atoms with van der Waals surface area (Å²) in [6.45, 7) is 6.19. The van der Waals surface area contributed by atoms with Gasteiger partial charge in [0.25, 0.3) is 5.91 Å². The minimum Gasteiger partial charge on any atom is -0.351 e. The number of aryl methyl sites for hydroxylation is 1. The quantitative estimate of drug-likeness (QED) is 0.825. The first-order chi connectivity index (χ1) is 12.4. The Balaban J connectivity index is 1.80. The number of nitrogens with one attached hydrogen (secondary N) is 2. The number of H-pyrrole nitrogens is 1. The molecule has 1 saturated heterocycles. The Labute approximate surface area is 151 Å². The fourth-order valence-corrected chi connectivity index (χ4v) is 3.13. The molecule has 26 heavy (non-hydrogen) atoms. The van der Waals surface area contributed by atoms with Gasteiger partial charge in [0.15, 0.2) is 5.82 Å². The molecule has 0 aromatic carbocycles. The van der Waals surface area contributed by atoms with Gasteiger partial charge in [0, 0.05) is 31.4 Å². The maximum absolute atomic E-state index is 12.9. The molecule has 3 rings (SSSR count). The van der Waals surface area contributed by atoms with Crippen molar-refractivity contribution in [3.8, 4) is 0 Å². The van der Waals surface area contributed by atoms with E-state index in [0.717, 1.165) is 0 Å². The van der Waals surface area contributed by atoms with Crippen LogP contribution in [0.5, 0.6) is 0 Å². The Morgan fingerprint density at radius 2 is 2.19 bits per heavy atom. The molecular formula is C17H23N7O2. The molecule has 0 bridgehead atoms. The molecular weight excluding hydrogens is 334 g/mol. The number of aromatic nitrogens is 5. The molecule has 0 saturated carbocycles. The first-order valence-electron chi connectivity index (χ1n) is 8.69. The van der Waals surface area contributed by atoms with Gasteiger partial charge in [-0.3, -0.25) is 19.7 Å². The minimum absolute atomic E-state index is 0.0104. The maximum Gasteiger partial charge on any atom is 0.274 e. The molecule has 1 fully saturated rings. The Hall–Kier alpha value is -2.84. The van der Waals surface area contributed by atoms with Gasteiger partial charge in [-0.25, -0.2) is 9.97 Å². The summed E-state index contributed by atoms with van der Waals surface area (Å²) >= 11 is 0. The number of hydrogen-bond donors (Lipinski definition) is 2. The monoisotopic (exact) mass is 357 g/mol. The van der Waals surface area contributed by atoms with E-state index in [-0.39, 0.29) is 35.5 Å². The van der Waals surface area contributed by atoms with Crippen LogP contribution < -0.4 is 5.32 Å². The molecule has 2 aromatic heterocycles. The predicted molar refractivity (Wildman–Crippen MR) is 92.9 cm³/mol. The molecule has 1 aliphatic rings. The zero-order chi connectivity index (χ0) is 18.7. The van der Waals surface area contributed by atoms with Gasteiger partial charge in [-0.15, -0.1) is 0 Å². The van der Waals surface area contributed by atoms with Crippen LogP contribution in [0.3, 0.4) is 0 Å². The molecule has 9 nitrogen and oxygen atoms in total. The lowest BCUT2D eigenvalue weighted by atomic mass is 10.1. The Morgan fingerprint density at radius 3 is 2.81 bits per heavy atom. The van der Waals surface area contributed by atoms with Gasteiger partial charge in [-0.1, -0.05) is 13.8 Å². The second kappa shape index (κ2) is 7.59. The van der Waals surface area contributed by atoms with E-state index in [1.807, 2.05) is 20.8 Å². The number of aromatic amines is 1. The van der Waals surface area contributed by atoms with Crippen LogP contribution in [0, 0.1) is 12.8 Å². The van der Waals surface area contributed by atoms with Crippen molar-refractivity contribution in [2.45, 2.75) is 45.7 Å². The van der Waals surface area contributed by atoms with E-state index >= 15 is 0 Å². The number of carbonyl (C=O) groups excluding carboxylic acids is 2. The van der Waals surface area contributed by atoms with Crippen LogP contribution >= 0.6 is 0 Å². The van der Waals surface area contributed by atoms with Gasteiger partial charge in [-0.05, 0) is 19.3 Å². The fourth-order valence-electron chi connectivity index (χ4n) is 3.13. The van der Waals surface area contributed by atoms with E-state index in [2.05, 4.69) is 30.5 Å². The van der Waals surface area contributed by atoms with Crippen LogP contribution in [0.1, 0.15) is 54.9 Å². The van der Waals surface area contributed by atoms with Crippen LogP contribution in [-0.4, -0.2) is 54.5 Å². The van der Waals surface area contributed by atoms with E-state index in [1.54, 1.807) is 4.90 Å². The maximum atomic E-state index is 12.9. The van der Waals surface area contributed by atoms with E-state index < -0.39 is 0 Å². The zero-order valence-electron chi connectivity index (χ0n) is 15.1. The third kappa shape index (κ3) is 4.04. The van der Waals surface area contributed by atoms with Crippen molar-refractivity contribution in [1.29, 1.82) is 0 Å². The van der Waals surface area contributed by atoms with Gasteiger partial charge in [-0.2, -0.15) is 5.10 Å². The van der Waals surface area contributed by atoms with Crippen LogP contribution in [0.25, 0.3) is 0 Å². The van der Waals surface area contributed by atoms with Crippen molar-refractivity contribution >= 4 is 11.8 Å². The molecule has 9 heteroatoms. The number of rotatable bonds is 5. The Morgan fingerprint density at radius 1 is 1.38 bits per heavy atom. The molecule has 2 amide bonds. The highest BCUT2D eigenvalue weighted by atomic mass is 16.2. The summed E-state index contributed by atoms with van der Waals surface area (Å²) in [4.78, 5) is 39.1. The normalized spacial score (nSPS) is 19.8. The van der Waals surface area contributed by atoms with Crippen LogP contribution in [0.4, 0.5) is 0 Å². The highest BCUT2D eigenvalue weighted by Gasteiger charge is 2.39. The molecule has 2 atom stereocenters. The lowest BCUT2D eigenvalue weighted by Gasteiger charge is -2.21. The number of nitrogens with zero attached hydrogens (tertiary/aromatic N) is 5. The summed E-state index contributed by atoms with van der Waals surface area (Å²) in [5.74, 6) is 1.25. The van der Waals surface area contributed by atoms with Crippen molar-refractivity contribution in [2.75, 3.05) is 6.54 Å². The number of likely N-dealkylation sites (tertiary alicyclic amines) is 1. The number of amides is 2. The Bertz CT molecular complexity index is 774. The van der Waals surface area contributed by atoms with Crippen molar-refractivity contribution in [1.82, 2.24) is 35.4 Å². The van der Waals surface area contributed by atoms with Gasteiger partial charge in [0.2, 0.25) is 5.91 Å². The van der Waals surface area contributed by atoms with Crippen LogP contribution in [0.15, 0.2) is 18.6 Å². The van der Waals surface area contributed by atoms with Gasteiger partial charge in [0.1, 0.15) is 11.5 Å². The molecule has 0 aliphatic carbocycles. The van der Waals surface area contributed by atoms with Crippen molar-refractivity contribution in [3.05, 3.63) is 35.9 Å². The predicted octanol–water partition coefficient (Wildman–Crippen LogP) is 1.02. The summed E-state index contributed by atoms with van der Waals surface area (Å²) in [5.41, 5.74) is 0.263. The number of carbonyl (C=O) groups is 2. The second-order valence-corrected chi connectivity index (χ2v) is 6.94. The Kier molecular flexibility index (Phi) is 5.24. The van der Waals surface area contributed by atoms with E-state index in [4.69, 9.17) is 0 Å². The molecule has 0 spiro atoms. The van der Waals surface area contributed by atoms with E-state index in [9.17, 15) is 9.59 Å². The molecule has 2 aromatic rings. The summed E-state index contributed by atoms with van der Waals surface area (Å²) in [6.07, 6.45) is 5.46. The fraction of sp³-hybridized carbons (Fsp3) is 0.529. The topological polar surface area (TPSA) is 117 Å². The van der Waals surface area contributed by atoms with E-state index in [1.165, 1.54) is 18.6 Å². The second-order valence-electron chi connectivity index (χ2n) is 6.94. The first-order valence-corrected chi connectivity index (χ1v) is 8.69. The van der Waals surface area contributed by atoms with Gasteiger partial charge < -0.3 is 10.2 Å². The molecule has 2 N–H and O–H groups in total. The molecule has 138 valence electrons. The van der Waals surface area contributed by atoms with Crippen molar-refractivity contribution in [2.24, 2.45) is 5.92 Å². The average Bonchev–Trinajstić information content (AvgIpc) is 3.20. The third-order valence-corrected chi connectivity index (χ3v) is 4.22. The van der Waals surface area contributed by atoms with Crippen molar-refractivity contribution in [3.63, 3.8) is 0 Å². The minimum atomic E-state index is -0.321. The average molecular weight is 357 g/mol. The number of hydrogen-bond acceptors (Lipinski definition) is 6. The third-order valence-electron chi connectivity index (χ3n) is 4.22. The highest BCUT2D eigenvalue weighted by molar-refractivity contribution is 5.92. The molecule has 3 heterocycles. The summed E-state index contributed by atoms with van der Waals surface area (Å²) in [7, 11) is 0. The highest BCUT2D eigenvalue weighted by Crippen LogP contribution is 2.31. The molecule has 0 radical (unpaired) electrons. The summed E-state index contributed by atoms with van der Waals surface area (Å²) in [6, 6.07) is -0.468. The molecule has 1 aliphatic heterocycles. The summed E-state index contributed by atoms with van der Waals surface area (Å²) < 4.78 is 0. The summed E-state index contributed by atoms with van der Waals surface area (Å²) in [5, 5.41) is 10.0. The van der Waals surface area contributed by atoms with Crippen LogP contribution in [-0.2, 0) is 4.79 Å². The van der Waals surface area contributed by atoms with E-state index in [0.29, 0.717) is 31.0 Å².